The van der Waals surface area contributed by atoms with E-state index < -0.39 is 0 Å². The molecule has 2 amide bonds. The molecule has 0 spiro atoms. The van der Waals surface area contributed by atoms with Crippen LogP contribution >= 0.6 is 0 Å². The lowest BCUT2D eigenvalue weighted by Crippen LogP contribution is -2.52. The standard InChI is InChI=1S/C24H35N3O3/c1-17-3-4-18(2)22(11-17)24(29)25-12-21-15-27(23(28)16-30-21)14-20-7-9-26(10-8-20)13-19-5-6-19/h3-4,11,19-21H,5-10,12-16H2,1-2H3,(H,25,29). The lowest BCUT2D eigenvalue weighted by Gasteiger charge is -2.38. The number of ether oxygens (including phenoxy) is 1. The van der Waals surface area contributed by atoms with Crippen LogP contribution in [-0.2, 0) is 9.53 Å². The highest BCUT2D eigenvalue weighted by Crippen LogP contribution is 2.31. The molecule has 2 heterocycles. The lowest BCUT2D eigenvalue weighted by molar-refractivity contribution is -0.149. The first-order chi connectivity index (χ1) is 14.5. The third-order valence-electron chi connectivity index (χ3n) is 6.75. The van der Waals surface area contributed by atoms with Crippen LogP contribution < -0.4 is 5.32 Å². The predicted octanol–water partition coefficient (Wildman–Crippen LogP) is 2.38. The molecule has 1 saturated carbocycles. The zero-order valence-electron chi connectivity index (χ0n) is 18.4. The molecule has 0 aromatic heterocycles. The molecule has 164 valence electrons. The maximum absolute atomic E-state index is 12.6. The van der Waals surface area contributed by atoms with Crippen molar-refractivity contribution in [2.24, 2.45) is 11.8 Å². The van der Waals surface area contributed by atoms with Gasteiger partial charge in [0.1, 0.15) is 6.61 Å². The van der Waals surface area contributed by atoms with Crippen LogP contribution in [0.1, 0.15) is 47.2 Å². The molecule has 2 saturated heterocycles. The summed E-state index contributed by atoms with van der Waals surface area (Å²) in [5.74, 6) is 1.52. The van der Waals surface area contributed by atoms with E-state index in [2.05, 4.69) is 10.2 Å². The van der Waals surface area contributed by atoms with Crippen LogP contribution in [0, 0.1) is 25.7 Å². The van der Waals surface area contributed by atoms with Crippen molar-refractivity contribution in [2.45, 2.75) is 45.6 Å². The third kappa shape index (κ3) is 5.61. The summed E-state index contributed by atoms with van der Waals surface area (Å²) in [5.41, 5.74) is 2.74. The quantitative estimate of drug-likeness (QED) is 0.746. The summed E-state index contributed by atoms with van der Waals surface area (Å²) < 4.78 is 5.70. The summed E-state index contributed by atoms with van der Waals surface area (Å²) in [6, 6.07) is 5.89. The Morgan fingerprint density at radius 3 is 2.57 bits per heavy atom. The highest BCUT2D eigenvalue weighted by atomic mass is 16.5. The van der Waals surface area contributed by atoms with Crippen molar-refractivity contribution in [1.29, 1.82) is 0 Å². The van der Waals surface area contributed by atoms with Gasteiger partial charge in [0.25, 0.3) is 5.91 Å². The Morgan fingerprint density at radius 2 is 1.83 bits per heavy atom. The van der Waals surface area contributed by atoms with Crippen LogP contribution in [0.15, 0.2) is 18.2 Å². The topological polar surface area (TPSA) is 61.9 Å². The molecule has 1 N–H and O–H groups in total. The second-order valence-electron chi connectivity index (χ2n) is 9.45. The molecule has 30 heavy (non-hydrogen) atoms. The van der Waals surface area contributed by atoms with Gasteiger partial charge in [-0.05, 0) is 76.1 Å². The number of carbonyl (C=O) groups is 2. The van der Waals surface area contributed by atoms with Gasteiger partial charge >= 0.3 is 0 Å². The van der Waals surface area contributed by atoms with Gasteiger partial charge in [0.15, 0.2) is 0 Å². The number of aryl methyl sites for hydroxylation is 2. The van der Waals surface area contributed by atoms with Gasteiger partial charge in [0.2, 0.25) is 5.91 Å². The maximum atomic E-state index is 12.6. The molecule has 6 heteroatoms. The second-order valence-corrected chi connectivity index (χ2v) is 9.45. The Labute approximate surface area is 179 Å². The Balaban J connectivity index is 1.23. The smallest absolute Gasteiger partial charge is 0.251 e. The van der Waals surface area contributed by atoms with Gasteiger partial charge in [-0.15, -0.1) is 0 Å². The van der Waals surface area contributed by atoms with E-state index in [-0.39, 0.29) is 24.5 Å². The fourth-order valence-electron chi connectivity index (χ4n) is 4.59. The first kappa shape index (κ1) is 21.3. The fraction of sp³-hybridized carbons (Fsp3) is 0.667. The van der Waals surface area contributed by atoms with Gasteiger partial charge in [0.05, 0.1) is 6.10 Å². The van der Waals surface area contributed by atoms with Crippen LogP contribution in [0.25, 0.3) is 0 Å². The zero-order chi connectivity index (χ0) is 21.1. The molecule has 1 aromatic carbocycles. The van der Waals surface area contributed by atoms with Gasteiger partial charge < -0.3 is 19.9 Å². The molecule has 2 aliphatic heterocycles. The van der Waals surface area contributed by atoms with Crippen LogP contribution in [0.3, 0.4) is 0 Å². The van der Waals surface area contributed by atoms with E-state index in [0.29, 0.717) is 24.6 Å². The molecule has 0 bridgehead atoms. The molecular weight excluding hydrogens is 378 g/mol. The number of hydrogen-bond acceptors (Lipinski definition) is 4. The van der Waals surface area contributed by atoms with Crippen LogP contribution in [0.4, 0.5) is 0 Å². The number of nitrogens with one attached hydrogen (secondary N) is 1. The summed E-state index contributed by atoms with van der Waals surface area (Å²) in [5, 5.41) is 3.00. The summed E-state index contributed by atoms with van der Waals surface area (Å²) in [4.78, 5) is 29.5. The Morgan fingerprint density at radius 1 is 1.10 bits per heavy atom. The second kappa shape index (κ2) is 9.48. The van der Waals surface area contributed by atoms with E-state index in [9.17, 15) is 9.59 Å². The van der Waals surface area contributed by atoms with Gasteiger partial charge in [-0.2, -0.15) is 0 Å². The number of rotatable bonds is 7. The van der Waals surface area contributed by atoms with E-state index >= 15 is 0 Å². The average Bonchev–Trinajstić information content (AvgIpc) is 3.55. The van der Waals surface area contributed by atoms with Crippen LogP contribution in [0.2, 0.25) is 0 Å². The number of amides is 2. The number of carbonyl (C=O) groups excluding carboxylic acids is 2. The molecule has 1 aromatic rings. The molecule has 3 aliphatic rings. The van der Waals surface area contributed by atoms with E-state index in [1.807, 2.05) is 36.9 Å². The Bertz CT molecular complexity index is 769. The highest BCUT2D eigenvalue weighted by molar-refractivity contribution is 5.95. The minimum atomic E-state index is -0.147. The van der Waals surface area contributed by atoms with E-state index in [1.54, 1.807) is 0 Å². The lowest BCUT2D eigenvalue weighted by atomic mass is 9.95. The van der Waals surface area contributed by atoms with Crippen molar-refractivity contribution in [3.8, 4) is 0 Å². The Kier molecular flexibility index (Phi) is 6.74. The number of likely N-dealkylation sites (tertiary alicyclic amines) is 1. The van der Waals surface area contributed by atoms with Crippen molar-refractivity contribution in [1.82, 2.24) is 15.1 Å². The van der Waals surface area contributed by atoms with E-state index in [1.165, 1.54) is 32.2 Å². The number of piperidine rings is 1. The minimum Gasteiger partial charge on any atom is -0.365 e. The maximum Gasteiger partial charge on any atom is 0.251 e. The Hall–Kier alpha value is -1.92. The van der Waals surface area contributed by atoms with Crippen molar-refractivity contribution >= 4 is 11.8 Å². The normalized spacial score (nSPS) is 23.6. The number of benzene rings is 1. The van der Waals surface area contributed by atoms with Gasteiger partial charge in [-0.25, -0.2) is 0 Å². The average molecular weight is 414 g/mol. The zero-order valence-corrected chi connectivity index (χ0v) is 18.4. The van der Waals surface area contributed by atoms with Crippen molar-refractivity contribution < 1.29 is 14.3 Å². The van der Waals surface area contributed by atoms with Crippen molar-refractivity contribution in [3.05, 3.63) is 34.9 Å². The summed E-state index contributed by atoms with van der Waals surface area (Å²) >= 11 is 0. The van der Waals surface area contributed by atoms with Crippen LogP contribution in [-0.4, -0.2) is 73.6 Å². The van der Waals surface area contributed by atoms with E-state index in [0.717, 1.165) is 36.7 Å². The number of nitrogens with zero attached hydrogens (tertiary/aromatic N) is 2. The predicted molar refractivity (Wildman–Crippen MR) is 116 cm³/mol. The molecule has 1 atom stereocenters. The monoisotopic (exact) mass is 413 g/mol. The molecule has 3 fully saturated rings. The largest absolute Gasteiger partial charge is 0.365 e. The van der Waals surface area contributed by atoms with Crippen molar-refractivity contribution in [2.75, 3.05) is 45.9 Å². The molecule has 4 rings (SSSR count). The van der Waals surface area contributed by atoms with Gasteiger partial charge in [-0.1, -0.05) is 17.7 Å². The van der Waals surface area contributed by atoms with Gasteiger partial charge in [-0.3, -0.25) is 9.59 Å². The third-order valence-corrected chi connectivity index (χ3v) is 6.75. The highest BCUT2D eigenvalue weighted by Gasteiger charge is 2.31. The van der Waals surface area contributed by atoms with E-state index in [4.69, 9.17) is 4.74 Å². The summed E-state index contributed by atoms with van der Waals surface area (Å²) in [6.45, 7) is 9.45. The van der Waals surface area contributed by atoms with Gasteiger partial charge in [0, 0.05) is 31.7 Å². The molecular formula is C24H35N3O3. The molecule has 1 unspecified atom stereocenters. The summed E-state index contributed by atoms with van der Waals surface area (Å²) in [7, 11) is 0. The number of morpholine rings is 1. The molecule has 1 aliphatic carbocycles. The SMILES string of the molecule is Cc1ccc(C)c(C(=O)NCC2CN(CC3CCN(CC4CC4)CC3)C(=O)CO2)c1. The number of hydrogen-bond donors (Lipinski definition) is 1. The van der Waals surface area contributed by atoms with Crippen molar-refractivity contribution in [3.63, 3.8) is 0 Å². The van der Waals surface area contributed by atoms with Crippen LogP contribution in [0.5, 0.6) is 0 Å². The minimum absolute atomic E-state index is 0.0764. The summed E-state index contributed by atoms with van der Waals surface area (Å²) in [6.07, 6.45) is 5.01. The molecule has 6 nitrogen and oxygen atoms in total. The molecule has 0 radical (unpaired) electrons. The first-order valence-electron chi connectivity index (χ1n) is 11.4. The first-order valence-corrected chi connectivity index (χ1v) is 11.4. The fourth-order valence-corrected chi connectivity index (χ4v) is 4.59.